The number of H-pyrrole nitrogens is 1. The molecule has 1 aromatic carbocycles. The van der Waals surface area contributed by atoms with E-state index in [1.165, 1.54) is 0 Å². The van der Waals surface area contributed by atoms with Crippen molar-refractivity contribution in [3.05, 3.63) is 29.8 Å². The molecule has 5 nitrogen and oxygen atoms in total. The van der Waals surface area contributed by atoms with Crippen LogP contribution in [0.5, 0.6) is 0 Å². The van der Waals surface area contributed by atoms with E-state index in [0.717, 1.165) is 17.4 Å². The fourth-order valence-corrected chi connectivity index (χ4v) is 1.18. The summed E-state index contributed by atoms with van der Waals surface area (Å²) in [5, 5.41) is 13.6. The number of aldehydes is 1. The molecule has 1 heterocycles. The van der Waals surface area contributed by atoms with Gasteiger partial charge in [-0.25, -0.2) is 0 Å². The zero-order chi connectivity index (χ0) is 11.2. The van der Waals surface area contributed by atoms with Gasteiger partial charge in [-0.1, -0.05) is 11.8 Å². The van der Waals surface area contributed by atoms with Gasteiger partial charge in [0.1, 0.15) is 6.29 Å². The normalized spacial score (nSPS) is 9.25. The zero-order valence-corrected chi connectivity index (χ0v) is 8.34. The summed E-state index contributed by atoms with van der Waals surface area (Å²) in [5.41, 5.74) is 1.73. The first-order chi connectivity index (χ1) is 7.90. The maximum atomic E-state index is 10.1. The second-order valence-corrected chi connectivity index (χ2v) is 2.99. The molecule has 0 fully saturated rings. The third-order valence-corrected chi connectivity index (χ3v) is 1.91. The Labute approximate surface area is 91.9 Å². The van der Waals surface area contributed by atoms with Crippen molar-refractivity contribution in [2.75, 3.05) is 0 Å². The number of carbonyl (C=O) groups excluding carboxylic acids is 1. The number of tetrazole rings is 1. The van der Waals surface area contributed by atoms with Gasteiger partial charge in [-0.3, -0.25) is 0 Å². The van der Waals surface area contributed by atoms with Crippen molar-refractivity contribution in [2.24, 2.45) is 0 Å². The smallest absolute Gasteiger partial charge is 0.204 e. The number of nitrogens with one attached hydrogen (secondary N) is 1. The van der Waals surface area contributed by atoms with Crippen LogP contribution in [0.15, 0.2) is 24.3 Å². The highest BCUT2D eigenvalue weighted by Crippen LogP contribution is 2.13. The minimum atomic E-state index is 0.257. The van der Waals surface area contributed by atoms with Gasteiger partial charge < -0.3 is 4.79 Å². The number of aromatic amines is 1. The molecule has 0 saturated heterocycles. The highest BCUT2D eigenvalue weighted by atomic mass is 16.1. The van der Waals surface area contributed by atoms with Gasteiger partial charge in [0.25, 0.3) is 0 Å². The van der Waals surface area contributed by atoms with E-state index in [4.69, 9.17) is 0 Å². The lowest BCUT2D eigenvalue weighted by Crippen LogP contribution is -1.81. The summed E-state index contributed by atoms with van der Waals surface area (Å²) in [7, 11) is 0. The molecule has 0 bridgehead atoms. The Kier molecular flexibility index (Phi) is 3.04. The summed E-state index contributed by atoms with van der Waals surface area (Å²) < 4.78 is 0. The monoisotopic (exact) mass is 212 g/mol. The van der Waals surface area contributed by atoms with Gasteiger partial charge in [0.2, 0.25) is 5.82 Å². The van der Waals surface area contributed by atoms with Gasteiger partial charge >= 0.3 is 0 Å². The molecular formula is C11H8N4O. The van der Waals surface area contributed by atoms with Crippen molar-refractivity contribution in [1.82, 2.24) is 20.6 Å². The minimum absolute atomic E-state index is 0.257. The topological polar surface area (TPSA) is 71.5 Å². The van der Waals surface area contributed by atoms with Crippen LogP contribution in [0.25, 0.3) is 11.4 Å². The molecular weight excluding hydrogens is 204 g/mol. The van der Waals surface area contributed by atoms with E-state index in [1.807, 2.05) is 24.3 Å². The molecule has 78 valence electrons. The molecule has 0 aliphatic carbocycles. The molecule has 0 atom stereocenters. The second-order valence-electron chi connectivity index (χ2n) is 2.99. The Morgan fingerprint density at radius 3 is 2.75 bits per heavy atom. The van der Waals surface area contributed by atoms with Crippen LogP contribution in [0, 0.1) is 11.8 Å². The third-order valence-electron chi connectivity index (χ3n) is 1.91. The zero-order valence-electron chi connectivity index (χ0n) is 8.34. The fraction of sp³-hybridized carbons (Fsp3) is 0.0909. The number of nitrogens with zero attached hydrogens (tertiary/aromatic N) is 3. The molecule has 1 N–H and O–H groups in total. The first-order valence-corrected chi connectivity index (χ1v) is 4.66. The van der Waals surface area contributed by atoms with E-state index < -0.39 is 0 Å². The first kappa shape index (κ1) is 10.1. The van der Waals surface area contributed by atoms with E-state index in [1.54, 1.807) is 0 Å². The summed E-state index contributed by atoms with van der Waals surface area (Å²) in [4.78, 5) is 10.1. The summed E-state index contributed by atoms with van der Waals surface area (Å²) in [6, 6.07) is 7.42. The van der Waals surface area contributed by atoms with Gasteiger partial charge in [-0.15, -0.1) is 10.2 Å². The van der Waals surface area contributed by atoms with E-state index in [9.17, 15) is 4.79 Å². The van der Waals surface area contributed by atoms with Gasteiger partial charge in [-0.2, -0.15) is 5.21 Å². The number of rotatable bonds is 2. The number of hydrogen-bond acceptors (Lipinski definition) is 4. The lowest BCUT2D eigenvalue weighted by molar-refractivity contribution is -0.107. The van der Waals surface area contributed by atoms with Crippen LogP contribution >= 0.6 is 0 Å². The maximum Gasteiger partial charge on any atom is 0.204 e. The van der Waals surface area contributed by atoms with Crippen LogP contribution in [0.3, 0.4) is 0 Å². The van der Waals surface area contributed by atoms with Crippen LogP contribution in [-0.2, 0) is 4.79 Å². The number of carbonyl (C=O) groups is 1. The van der Waals surface area contributed by atoms with Crippen LogP contribution in [-0.4, -0.2) is 26.9 Å². The molecule has 2 rings (SSSR count). The Balaban J connectivity index is 2.18. The number of benzene rings is 1. The quantitative estimate of drug-likeness (QED) is 0.590. The predicted molar refractivity (Wildman–Crippen MR) is 57.2 cm³/mol. The average molecular weight is 212 g/mol. The van der Waals surface area contributed by atoms with Crippen LogP contribution < -0.4 is 0 Å². The summed E-state index contributed by atoms with van der Waals surface area (Å²) in [6.07, 6.45) is 1.03. The lowest BCUT2D eigenvalue weighted by atomic mass is 10.1. The van der Waals surface area contributed by atoms with E-state index in [2.05, 4.69) is 32.5 Å². The predicted octanol–water partition coefficient (Wildman–Crippen LogP) is 0.807. The van der Waals surface area contributed by atoms with Gasteiger partial charge in [0, 0.05) is 11.1 Å². The Hall–Kier alpha value is -2.48. The molecule has 1 aromatic heterocycles. The largest absolute Gasteiger partial charge is 0.302 e. The number of aromatic nitrogens is 4. The Bertz CT molecular complexity index is 519. The van der Waals surface area contributed by atoms with Crippen LogP contribution in [0.1, 0.15) is 12.0 Å². The number of hydrogen-bond donors (Lipinski definition) is 1. The van der Waals surface area contributed by atoms with Gasteiger partial charge in [-0.05, 0) is 29.5 Å². The Morgan fingerprint density at radius 2 is 2.12 bits per heavy atom. The SMILES string of the molecule is O=CCC#Cc1ccc(-c2nn[nH]n2)cc1. The van der Waals surface area contributed by atoms with Crippen molar-refractivity contribution in [3.63, 3.8) is 0 Å². The van der Waals surface area contributed by atoms with E-state index in [-0.39, 0.29) is 6.42 Å². The molecule has 0 aliphatic heterocycles. The standard InChI is InChI=1S/C11H8N4O/c16-8-2-1-3-9-4-6-10(7-5-9)11-12-14-15-13-11/h4-8H,2H2,(H,12,13,14,15). The van der Waals surface area contributed by atoms with Crippen molar-refractivity contribution < 1.29 is 4.79 Å². The molecule has 0 saturated carbocycles. The van der Waals surface area contributed by atoms with Gasteiger partial charge in [0.05, 0.1) is 6.42 Å². The molecule has 0 amide bonds. The van der Waals surface area contributed by atoms with Crippen LogP contribution in [0.4, 0.5) is 0 Å². The molecule has 2 aromatic rings. The third kappa shape index (κ3) is 2.30. The first-order valence-electron chi connectivity index (χ1n) is 4.66. The summed E-state index contributed by atoms with van der Waals surface area (Å²) >= 11 is 0. The fourth-order valence-electron chi connectivity index (χ4n) is 1.18. The second kappa shape index (κ2) is 4.84. The average Bonchev–Trinajstić information content (AvgIpc) is 2.84. The highest BCUT2D eigenvalue weighted by Gasteiger charge is 2.00. The lowest BCUT2D eigenvalue weighted by Gasteiger charge is -1.93. The molecule has 16 heavy (non-hydrogen) atoms. The van der Waals surface area contributed by atoms with E-state index in [0.29, 0.717) is 5.82 Å². The molecule has 0 unspecified atom stereocenters. The summed E-state index contributed by atoms with van der Waals surface area (Å²) in [5.74, 6) is 6.16. The molecule has 0 radical (unpaired) electrons. The van der Waals surface area contributed by atoms with Crippen molar-refractivity contribution in [3.8, 4) is 23.2 Å². The van der Waals surface area contributed by atoms with Gasteiger partial charge in [0.15, 0.2) is 0 Å². The van der Waals surface area contributed by atoms with Crippen molar-refractivity contribution >= 4 is 6.29 Å². The Morgan fingerprint density at radius 1 is 1.31 bits per heavy atom. The minimum Gasteiger partial charge on any atom is -0.302 e. The van der Waals surface area contributed by atoms with Crippen molar-refractivity contribution in [1.29, 1.82) is 0 Å². The van der Waals surface area contributed by atoms with E-state index >= 15 is 0 Å². The molecule has 5 heteroatoms. The molecule has 0 aliphatic rings. The summed E-state index contributed by atoms with van der Waals surface area (Å²) in [6.45, 7) is 0. The van der Waals surface area contributed by atoms with Crippen LogP contribution in [0.2, 0.25) is 0 Å². The van der Waals surface area contributed by atoms with Crippen molar-refractivity contribution in [2.45, 2.75) is 6.42 Å². The molecule has 0 spiro atoms. The highest BCUT2D eigenvalue weighted by molar-refractivity contribution is 5.57. The maximum absolute atomic E-state index is 10.1.